The number of carbonyl (C=O) groups is 1. The van der Waals surface area contributed by atoms with Gasteiger partial charge in [-0.05, 0) is 54.6 Å². The van der Waals surface area contributed by atoms with E-state index in [1.165, 1.54) is 37.0 Å². The van der Waals surface area contributed by atoms with Gasteiger partial charge in [0.15, 0.2) is 5.78 Å². The number of carbonyl (C=O) groups excluding carboxylic acids is 1. The lowest BCUT2D eigenvalue weighted by molar-refractivity contribution is 0.0973. The first-order valence-corrected chi connectivity index (χ1v) is 11.8. The predicted molar refractivity (Wildman–Crippen MR) is 128 cm³/mol. The first-order chi connectivity index (χ1) is 15.3. The molecule has 2 saturated heterocycles. The van der Waals surface area contributed by atoms with Crippen LogP contribution in [0.25, 0.3) is 10.8 Å². The average Bonchev–Trinajstić information content (AvgIpc) is 3.41. The lowest BCUT2D eigenvalue weighted by atomic mass is 10.0. The van der Waals surface area contributed by atoms with E-state index in [1.807, 2.05) is 24.3 Å². The van der Waals surface area contributed by atoms with E-state index in [2.05, 4.69) is 58.3 Å². The van der Waals surface area contributed by atoms with Crippen LogP contribution in [0.5, 0.6) is 0 Å². The molecule has 0 saturated carbocycles. The molecule has 2 aliphatic rings. The van der Waals surface area contributed by atoms with E-state index in [0.29, 0.717) is 6.42 Å². The van der Waals surface area contributed by atoms with Crippen LogP contribution in [-0.2, 0) is 6.42 Å². The Morgan fingerprint density at radius 3 is 2.26 bits per heavy atom. The van der Waals surface area contributed by atoms with Crippen molar-refractivity contribution in [3.05, 3.63) is 83.9 Å². The van der Waals surface area contributed by atoms with Crippen molar-refractivity contribution in [3.63, 3.8) is 0 Å². The fraction of sp³-hybridized carbons (Fsp3) is 0.393. The summed E-state index contributed by atoms with van der Waals surface area (Å²) in [6.07, 6.45) is 5.24. The number of benzene rings is 3. The van der Waals surface area contributed by atoms with Crippen molar-refractivity contribution in [1.29, 1.82) is 0 Å². The summed E-state index contributed by atoms with van der Waals surface area (Å²) in [6.45, 7) is 4.74. The molecule has 3 aromatic carbocycles. The van der Waals surface area contributed by atoms with E-state index in [0.717, 1.165) is 48.8 Å². The Morgan fingerprint density at radius 2 is 1.48 bits per heavy atom. The molecular formula is C28H32N2O. The number of unbranched alkanes of at least 4 members (excludes halogenated alkanes) is 1. The SMILES string of the molecule is O=C(CCCCN1CC2CC1CN2CCc1ccccc1)c1ccc2ccccc2c1. The topological polar surface area (TPSA) is 23.6 Å². The second-order valence-corrected chi connectivity index (χ2v) is 9.21. The minimum absolute atomic E-state index is 0.279. The molecule has 31 heavy (non-hydrogen) atoms. The molecule has 2 fully saturated rings. The summed E-state index contributed by atoms with van der Waals surface area (Å²) in [6, 6.07) is 26.6. The average molecular weight is 413 g/mol. The van der Waals surface area contributed by atoms with Crippen LogP contribution in [0.1, 0.15) is 41.6 Å². The van der Waals surface area contributed by atoms with Crippen LogP contribution in [0.3, 0.4) is 0 Å². The van der Waals surface area contributed by atoms with Crippen molar-refractivity contribution < 1.29 is 4.79 Å². The third-order valence-electron chi connectivity index (χ3n) is 7.17. The van der Waals surface area contributed by atoms with E-state index in [-0.39, 0.29) is 5.78 Å². The molecule has 3 aromatic rings. The van der Waals surface area contributed by atoms with Crippen molar-refractivity contribution in [2.75, 3.05) is 26.2 Å². The van der Waals surface area contributed by atoms with E-state index >= 15 is 0 Å². The summed E-state index contributed by atoms with van der Waals surface area (Å²) >= 11 is 0. The summed E-state index contributed by atoms with van der Waals surface area (Å²) in [5.74, 6) is 0.279. The van der Waals surface area contributed by atoms with Gasteiger partial charge in [0.05, 0.1) is 0 Å². The first kappa shape index (κ1) is 20.4. The van der Waals surface area contributed by atoms with Gasteiger partial charge in [-0.3, -0.25) is 14.6 Å². The Labute approximate surface area is 185 Å². The lowest BCUT2D eigenvalue weighted by Crippen LogP contribution is -2.47. The molecule has 0 aromatic heterocycles. The van der Waals surface area contributed by atoms with Crippen LogP contribution in [0, 0.1) is 0 Å². The van der Waals surface area contributed by atoms with E-state index in [1.54, 1.807) is 0 Å². The Bertz CT molecular complexity index is 1030. The van der Waals surface area contributed by atoms with E-state index in [4.69, 9.17) is 0 Å². The quantitative estimate of drug-likeness (QED) is 0.357. The third kappa shape index (κ3) is 4.73. The molecule has 2 aliphatic heterocycles. The third-order valence-corrected chi connectivity index (χ3v) is 7.17. The smallest absolute Gasteiger partial charge is 0.162 e. The highest BCUT2D eigenvalue weighted by Crippen LogP contribution is 2.31. The van der Waals surface area contributed by atoms with Gasteiger partial charge < -0.3 is 0 Å². The minimum Gasteiger partial charge on any atom is -0.297 e. The van der Waals surface area contributed by atoms with Gasteiger partial charge in [0.1, 0.15) is 0 Å². The highest BCUT2D eigenvalue weighted by atomic mass is 16.1. The van der Waals surface area contributed by atoms with Gasteiger partial charge in [0.25, 0.3) is 0 Å². The van der Waals surface area contributed by atoms with Gasteiger partial charge in [-0.25, -0.2) is 0 Å². The molecule has 2 bridgehead atoms. The molecule has 0 spiro atoms. The second kappa shape index (κ2) is 9.33. The van der Waals surface area contributed by atoms with Crippen LogP contribution in [0.4, 0.5) is 0 Å². The molecule has 0 radical (unpaired) electrons. The van der Waals surface area contributed by atoms with Gasteiger partial charge >= 0.3 is 0 Å². The maximum atomic E-state index is 12.6. The Morgan fingerprint density at radius 1 is 0.774 bits per heavy atom. The maximum Gasteiger partial charge on any atom is 0.162 e. The highest BCUT2D eigenvalue weighted by molar-refractivity contribution is 5.99. The Hall–Kier alpha value is -2.49. The number of ketones is 1. The minimum atomic E-state index is 0.279. The van der Waals surface area contributed by atoms with Crippen LogP contribution in [-0.4, -0.2) is 53.8 Å². The van der Waals surface area contributed by atoms with Crippen molar-refractivity contribution >= 4 is 16.6 Å². The zero-order valence-corrected chi connectivity index (χ0v) is 18.2. The fourth-order valence-electron chi connectivity index (χ4n) is 5.40. The molecule has 0 amide bonds. The van der Waals surface area contributed by atoms with Crippen molar-refractivity contribution in [3.8, 4) is 0 Å². The molecule has 2 atom stereocenters. The van der Waals surface area contributed by atoms with Crippen LogP contribution in [0.2, 0.25) is 0 Å². The largest absolute Gasteiger partial charge is 0.297 e. The lowest BCUT2D eigenvalue weighted by Gasteiger charge is -2.34. The number of Topliss-reactive ketones (excluding diaryl/α,β-unsaturated/α-hetero) is 1. The molecule has 0 N–H and O–H groups in total. The molecule has 160 valence electrons. The number of hydrogen-bond donors (Lipinski definition) is 0. The Kier molecular flexibility index (Phi) is 6.15. The van der Waals surface area contributed by atoms with E-state index in [9.17, 15) is 4.79 Å². The standard InChI is InChI=1S/C28H32N2O/c31-28(25-14-13-23-10-4-5-11-24(23)18-25)12-6-7-16-29-20-27-19-26(29)21-30(27)17-15-22-8-2-1-3-9-22/h1-5,8-11,13-14,18,26-27H,6-7,12,15-17,19-21H2. The van der Waals surface area contributed by atoms with Crippen LogP contribution < -0.4 is 0 Å². The summed E-state index contributed by atoms with van der Waals surface area (Å²) in [7, 11) is 0. The number of likely N-dealkylation sites (tertiary alicyclic amines) is 2. The van der Waals surface area contributed by atoms with Crippen molar-refractivity contribution in [2.45, 2.75) is 44.2 Å². The molecule has 2 heterocycles. The van der Waals surface area contributed by atoms with Crippen LogP contribution in [0.15, 0.2) is 72.8 Å². The number of rotatable bonds is 9. The zero-order chi connectivity index (χ0) is 21.0. The summed E-state index contributed by atoms with van der Waals surface area (Å²) < 4.78 is 0. The maximum absolute atomic E-state index is 12.6. The number of piperazine rings is 1. The van der Waals surface area contributed by atoms with Gasteiger partial charge in [0, 0.05) is 43.7 Å². The van der Waals surface area contributed by atoms with Gasteiger partial charge in [-0.2, -0.15) is 0 Å². The van der Waals surface area contributed by atoms with E-state index < -0.39 is 0 Å². The van der Waals surface area contributed by atoms with Gasteiger partial charge in [0.2, 0.25) is 0 Å². The first-order valence-electron chi connectivity index (χ1n) is 11.8. The molecule has 3 nitrogen and oxygen atoms in total. The van der Waals surface area contributed by atoms with Gasteiger partial charge in [-0.1, -0.05) is 66.7 Å². The molecular weight excluding hydrogens is 380 g/mol. The summed E-state index contributed by atoms with van der Waals surface area (Å²) in [4.78, 5) is 18.0. The molecule has 2 unspecified atom stereocenters. The number of hydrogen-bond acceptors (Lipinski definition) is 3. The Balaban J connectivity index is 1.03. The summed E-state index contributed by atoms with van der Waals surface area (Å²) in [5, 5.41) is 2.35. The summed E-state index contributed by atoms with van der Waals surface area (Å²) in [5.41, 5.74) is 2.30. The van der Waals surface area contributed by atoms with Crippen molar-refractivity contribution in [2.24, 2.45) is 0 Å². The van der Waals surface area contributed by atoms with Crippen molar-refractivity contribution in [1.82, 2.24) is 9.80 Å². The second-order valence-electron chi connectivity index (χ2n) is 9.21. The number of nitrogens with zero attached hydrogens (tertiary/aromatic N) is 2. The highest BCUT2D eigenvalue weighted by Gasteiger charge is 2.42. The molecule has 3 heteroatoms. The fourth-order valence-corrected chi connectivity index (χ4v) is 5.40. The monoisotopic (exact) mass is 412 g/mol. The number of fused-ring (bicyclic) bond motifs is 3. The molecule has 5 rings (SSSR count). The predicted octanol–water partition coefficient (Wildman–Crippen LogP) is 5.19. The van der Waals surface area contributed by atoms with Gasteiger partial charge in [-0.15, -0.1) is 0 Å². The zero-order valence-electron chi connectivity index (χ0n) is 18.2. The van der Waals surface area contributed by atoms with Crippen LogP contribution >= 0.6 is 0 Å². The normalized spacial score (nSPS) is 21.2. The molecule has 0 aliphatic carbocycles.